The van der Waals surface area contributed by atoms with Crippen LogP contribution in [0.5, 0.6) is 0 Å². The van der Waals surface area contributed by atoms with Crippen LogP contribution in [0.2, 0.25) is 5.02 Å². The van der Waals surface area contributed by atoms with Crippen molar-refractivity contribution in [3.63, 3.8) is 0 Å². The Morgan fingerprint density at radius 2 is 2.04 bits per heavy atom. The molecule has 128 valence electrons. The Labute approximate surface area is 137 Å². The molecule has 0 saturated carbocycles. The summed E-state index contributed by atoms with van der Waals surface area (Å²) in [6, 6.07) is 7.19. The van der Waals surface area contributed by atoms with Gasteiger partial charge in [0.2, 0.25) is 5.91 Å². The van der Waals surface area contributed by atoms with Gasteiger partial charge in [-0.25, -0.2) is 0 Å². The van der Waals surface area contributed by atoms with E-state index in [9.17, 15) is 18.0 Å². The van der Waals surface area contributed by atoms with E-state index in [1.807, 2.05) is 12.1 Å². The van der Waals surface area contributed by atoms with Crippen molar-refractivity contribution in [2.75, 3.05) is 39.8 Å². The fourth-order valence-electron chi connectivity index (χ4n) is 2.39. The quantitative estimate of drug-likeness (QED) is 0.837. The van der Waals surface area contributed by atoms with Gasteiger partial charge in [-0.1, -0.05) is 23.7 Å². The van der Waals surface area contributed by atoms with Crippen LogP contribution < -0.4 is 0 Å². The zero-order chi connectivity index (χ0) is 17.0. The molecule has 23 heavy (non-hydrogen) atoms. The number of rotatable bonds is 4. The van der Waals surface area contributed by atoms with Crippen LogP contribution in [0.3, 0.4) is 0 Å². The van der Waals surface area contributed by atoms with Crippen LogP contribution in [0.25, 0.3) is 0 Å². The van der Waals surface area contributed by atoms with E-state index in [1.54, 1.807) is 17.0 Å². The molecule has 0 bridgehead atoms. The fourth-order valence-corrected chi connectivity index (χ4v) is 2.52. The number of benzene rings is 1. The van der Waals surface area contributed by atoms with Gasteiger partial charge in [0.25, 0.3) is 0 Å². The minimum atomic E-state index is -4.39. The molecule has 1 aromatic rings. The summed E-state index contributed by atoms with van der Waals surface area (Å²) < 4.78 is 42.6. The van der Waals surface area contributed by atoms with E-state index in [-0.39, 0.29) is 12.6 Å². The third-order valence-corrected chi connectivity index (χ3v) is 3.85. The average molecular weight is 351 g/mol. The van der Waals surface area contributed by atoms with E-state index >= 15 is 0 Å². The second kappa shape index (κ2) is 7.51. The van der Waals surface area contributed by atoms with Crippen LogP contribution in [0, 0.1) is 0 Å². The molecular weight excluding hydrogens is 333 g/mol. The molecule has 1 atom stereocenters. The van der Waals surface area contributed by atoms with Gasteiger partial charge in [-0.15, -0.1) is 0 Å². The summed E-state index contributed by atoms with van der Waals surface area (Å²) in [4.78, 5) is 14.4. The number of amides is 1. The zero-order valence-corrected chi connectivity index (χ0v) is 13.4. The van der Waals surface area contributed by atoms with Crippen molar-refractivity contribution in [2.24, 2.45) is 0 Å². The predicted octanol–water partition coefficient (Wildman–Crippen LogP) is 2.73. The molecule has 1 saturated heterocycles. The molecule has 0 aliphatic carbocycles. The Morgan fingerprint density at radius 1 is 1.39 bits per heavy atom. The summed E-state index contributed by atoms with van der Waals surface area (Å²) in [6.07, 6.45) is -4.61. The number of likely N-dealkylation sites (N-methyl/N-ethyl adjacent to an activating group) is 1. The maximum Gasteiger partial charge on any atom is 0.406 e. The Hall–Kier alpha value is -1.31. The maximum atomic E-state index is 12.3. The van der Waals surface area contributed by atoms with Crippen LogP contribution in [0.15, 0.2) is 24.3 Å². The van der Waals surface area contributed by atoms with Gasteiger partial charge in [-0.2, -0.15) is 13.2 Å². The highest BCUT2D eigenvalue weighted by molar-refractivity contribution is 6.30. The third-order valence-electron chi connectivity index (χ3n) is 3.59. The van der Waals surface area contributed by atoms with Crippen molar-refractivity contribution in [1.82, 2.24) is 9.80 Å². The number of carbonyl (C=O) groups is 1. The summed E-state index contributed by atoms with van der Waals surface area (Å²) in [6.45, 7) is 0.0866. The molecule has 1 heterocycles. The lowest BCUT2D eigenvalue weighted by Crippen LogP contribution is -2.46. The summed E-state index contributed by atoms with van der Waals surface area (Å²) >= 11 is 5.84. The summed E-state index contributed by atoms with van der Waals surface area (Å²) in [7, 11) is 1.16. The number of ether oxygens (including phenoxy) is 1. The van der Waals surface area contributed by atoms with Gasteiger partial charge in [0.15, 0.2) is 0 Å². The molecule has 0 radical (unpaired) electrons. The molecular formula is C15H18ClF3N2O2. The lowest BCUT2D eigenvalue weighted by molar-refractivity contribution is -0.160. The second-order valence-corrected chi connectivity index (χ2v) is 5.95. The van der Waals surface area contributed by atoms with E-state index in [0.717, 1.165) is 12.6 Å². The molecule has 4 nitrogen and oxygen atoms in total. The van der Waals surface area contributed by atoms with Gasteiger partial charge < -0.3 is 9.64 Å². The van der Waals surface area contributed by atoms with E-state index < -0.39 is 18.6 Å². The van der Waals surface area contributed by atoms with Crippen molar-refractivity contribution in [2.45, 2.75) is 12.3 Å². The van der Waals surface area contributed by atoms with E-state index in [0.29, 0.717) is 29.6 Å². The first-order chi connectivity index (χ1) is 10.7. The first-order valence-electron chi connectivity index (χ1n) is 7.15. The number of alkyl halides is 3. The fraction of sp³-hybridized carbons (Fsp3) is 0.533. The summed E-state index contributed by atoms with van der Waals surface area (Å²) in [5, 5.41) is 0.616. The van der Waals surface area contributed by atoms with Gasteiger partial charge in [0, 0.05) is 25.2 Å². The van der Waals surface area contributed by atoms with Crippen LogP contribution in [0.4, 0.5) is 13.2 Å². The van der Waals surface area contributed by atoms with Gasteiger partial charge in [-0.05, 0) is 17.7 Å². The molecule has 1 amide bonds. The zero-order valence-electron chi connectivity index (χ0n) is 12.6. The molecule has 1 aromatic carbocycles. The Balaban J connectivity index is 1.91. The van der Waals surface area contributed by atoms with Crippen molar-refractivity contribution in [1.29, 1.82) is 0 Å². The van der Waals surface area contributed by atoms with Crippen LogP contribution in [-0.4, -0.2) is 61.7 Å². The Morgan fingerprint density at radius 3 is 2.65 bits per heavy atom. The number of morpholine rings is 1. The minimum Gasteiger partial charge on any atom is -0.371 e. The number of nitrogens with zero attached hydrogens (tertiary/aromatic N) is 2. The second-order valence-electron chi connectivity index (χ2n) is 5.51. The standard InChI is InChI=1S/C15H18ClF3N2O2/c1-20(10-15(17,18)19)14(22)9-21-6-7-23-13(8-21)11-2-4-12(16)5-3-11/h2-5,13H,6-10H2,1H3/t13-/m0/s1. The molecule has 2 rings (SSSR count). The first-order valence-corrected chi connectivity index (χ1v) is 7.52. The molecule has 1 aliphatic rings. The van der Waals surface area contributed by atoms with Crippen molar-refractivity contribution >= 4 is 17.5 Å². The highest BCUT2D eigenvalue weighted by Gasteiger charge is 2.32. The van der Waals surface area contributed by atoms with E-state index in [2.05, 4.69) is 0 Å². The highest BCUT2D eigenvalue weighted by atomic mass is 35.5. The summed E-state index contributed by atoms with van der Waals surface area (Å²) in [5.41, 5.74) is 0.926. The smallest absolute Gasteiger partial charge is 0.371 e. The van der Waals surface area contributed by atoms with Gasteiger partial charge in [0.1, 0.15) is 6.54 Å². The molecule has 0 unspecified atom stereocenters. The van der Waals surface area contributed by atoms with Gasteiger partial charge in [-0.3, -0.25) is 9.69 Å². The maximum absolute atomic E-state index is 12.3. The van der Waals surface area contributed by atoms with Crippen molar-refractivity contribution in [3.05, 3.63) is 34.9 Å². The first kappa shape index (κ1) is 18.0. The Bertz CT molecular complexity index is 537. The molecule has 8 heteroatoms. The van der Waals surface area contributed by atoms with Crippen molar-refractivity contribution < 1.29 is 22.7 Å². The normalized spacial score (nSPS) is 19.6. The SMILES string of the molecule is CN(CC(F)(F)F)C(=O)CN1CCO[C@H](c2ccc(Cl)cc2)C1. The van der Waals surface area contributed by atoms with Crippen LogP contribution in [0.1, 0.15) is 11.7 Å². The molecule has 1 fully saturated rings. The number of hydrogen-bond acceptors (Lipinski definition) is 3. The van der Waals surface area contributed by atoms with Gasteiger partial charge >= 0.3 is 6.18 Å². The minimum absolute atomic E-state index is 0.0555. The highest BCUT2D eigenvalue weighted by Crippen LogP contribution is 2.24. The molecule has 1 aliphatic heterocycles. The predicted molar refractivity (Wildman–Crippen MR) is 80.3 cm³/mol. The number of carbonyl (C=O) groups excluding carboxylic acids is 1. The lowest BCUT2D eigenvalue weighted by Gasteiger charge is -2.33. The summed E-state index contributed by atoms with van der Waals surface area (Å²) in [5.74, 6) is -0.556. The topological polar surface area (TPSA) is 32.8 Å². The number of hydrogen-bond donors (Lipinski definition) is 0. The largest absolute Gasteiger partial charge is 0.406 e. The Kier molecular flexibility index (Phi) is 5.89. The molecule has 0 N–H and O–H groups in total. The third kappa shape index (κ3) is 5.67. The monoisotopic (exact) mass is 350 g/mol. The van der Waals surface area contributed by atoms with Crippen LogP contribution >= 0.6 is 11.6 Å². The lowest BCUT2D eigenvalue weighted by atomic mass is 10.1. The average Bonchev–Trinajstić information content (AvgIpc) is 2.46. The number of halogens is 4. The van der Waals surface area contributed by atoms with E-state index in [1.165, 1.54) is 0 Å². The molecule has 0 spiro atoms. The molecule has 0 aromatic heterocycles. The van der Waals surface area contributed by atoms with Crippen molar-refractivity contribution in [3.8, 4) is 0 Å². The van der Waals surface area contributed by atoms with Gasteiger partial charge in [0.05, 0.1) is 19.3 Å². The van der Waals surface area contributed by atoms with E-state index in [4.69, 9.17) is 16.3 Å². The van der Waals surface area contributed by atoms with Crippen LogP contribution in [-0.2, 0) is 9.53 Å².